The molecular formula is C11H15N3O4S. The highest BCUT2D eigenvalue weighted by Gasteiger charge is 2.31. The van der Waals surface area contributed by atoms with E-state index >= 15 is 0 Å². The smallest absolute Gasteiger partial charge is 0.259 e. The fraction of sp³-hybridized carbons (Fsp3) is 0.455. The van der Waals surface area contributed by atoms with Crippen molar-refractivity contribution in [3.05, 3.63) is 34.2 Å². The maximum Gasteiger partial charge on any atom is 0.259 e. The Kier molecular flexibility index (Phi) is 3.72. The highest BCUT2D eigenvalue weighted by atomic mass is 32.2. The van der Waals surface area contributed by atoms with Gasteiger partial charge in [0.15, 0.2) is 5.43 Å². The Hall–Kier alpha value is -1.67. The maximum atomic E-state index is 12.2. The van der Waals surface area contributed by atoms with Crippen LogP contribution in [0.5, 0.6) is 0 Å². The zero-order chi connectivity index (χ0) is 14.0. The van der Waals surface area contributed by atoms with Gasteiger partial charge in [-0.2, -0.15) is 0 Å². The standard InChI is InChI=1S/C11H15N3O4S/c12-19(17,18)8-2-1-5-14(7-8)11(16)9-6-13-4-3-10(9)15/h3-4,6,8H,1-2,5,7H2,(H,13,15)(H2,12,17,18). The minimum Gasteiger partial charge on any atom is -0.367 e. The van der Waals surface area contributed by atoms with Crippen molar-refractivity contribution < 1.29 is 13.2 Å². The highest BCUT2D eigenvalue weighted by Crippen LogP contribution is 2.16. The average molecular weight is 285 g/mol. The van der Waals surface area contributed by atoms with E-state index in [0.29, 0.717) is 19.4 Å². The molecule has 2 rings (SSSR count). The van der Waals surface area contributed by atoms with Crippen LogP contribution in [-0.2, 0) is 10.0 Å². The maximum absolute atomic E-state index is 12.2. The van der Waals surface area contributed by atoms with Gasteiger partial charge in [-0.25, -0.2) is 13.6 Å². The van der Waals surface area contributed by atoms with Gasteiger partial charge in [-0.3, -0.25) is 9.59 Å². The van der Waals surface area contributed by atoms with Crippen molar-refractivity contribution in [1.82, 2.24) is 9.88 Å². The number of carbonyl (C=O) groups is 1. The molecule has 1 aromatic rings. The summed E-state index contributed by atoms with van der Waals surface area (Å²) in [5, 5.41) is 4.35. The van der Waals surface area contributed by atoms with E-state index < -0.39 is 21.2 Å². The van der Waals surface area contributed by atoms with Gasteiger partial charge in [-0.05, 0) is 12.8 Å². The van der Waals surface area contributed by atoms with Gasteiger partial charge >= 0.3 is 0 Å². The van der Waals surface area contributed by atoms with Crippen molar-refractivity contribution in [2.75, 3.05) is 13.1 Å². The van der Waals surface area contributed by atoms with Gasteiger partial charge in [-0.15, -0.1) is 0 Å². The van der Waals surface area contributed by atoms with E-state index in [1.165, 1.54) is 23.4 Å². The lowest BCUT2D eigenvalue weighted by Crippen LogP contribution is -2.47. The molecule has 1 aliphatic rings. The molecule has 0 aliphatic carbocycles. The molecule has 0 saturated carbocycles. The summed E-state index contributed by atoms with van der Waals surface area (Å²) in [7, 11) is -3.66. The fourth-order valence-corrected chi connectivity index (χ4v) is 3.03. The summed E-state index contributed by atoms with van der Waals surface area (Å²) in [6.07, 6.45) is 3.75. The van der Waals surface area contributed by atoms with Gasteiger partial charge < -0.3 is 9.88 Å². The van der Waals surface area contributed by atoms with Crippen molar-refractivity contribution in [2.45, 2.75) is 18.1 Å². The number of nitrogens with zero attached hydrogens (tertiary/aromatic N) is 1. The second-order valence-electron chi connectivity index (χ2n) is 4.53. The van der Waals surface area contributed by atoms with Crippen LogP contribution in [0.25, 0.3) is 0 Å². The molecule has 0 bridgehead atoms. The normalized spacial score (nSPS) is 20.3. The van der Waals surface area contributed by atoms with Crippen molar-refractivity contribution in [2.24, 2.45) is 5.14 Å². The minimum atomic E-state index is -3.66. The molecule has 1 fully saturated rings. The van der Waals surface area contributed by atoms with E-state index in [9.17, 15) is 18.0 Å². The number of aromatic amines is 1. The third-order valence-corrected chi connectivity index (χ3v) is 4.50. The van der Waals surface area contributed by atoms with Crippen LogP contribution in [0.1, 0.15) is 23.2 Å². The van der Waals surface area contributed by atoms with Gasteiger partial charge in [0.25, 0.3) is 5.91 Å². The number of pyridine rings is 1. The van der Waals surface area contributed by atoms with Crippen LogP contribution >= 0.6 is 0 Å². The first-order valence-electron chi connectivity index (χ1n) is 5.87. The largest absolute Gasteiger partial charge is 0.367 e. The third-order valence-electron chi connectivity index (χ3n) is 3.18. The predicted octanol–water partition coefficient (Wildman–Crippen LogP) is -0.732. The first-order chi connectivity index (χ1) is 8.89. The quantitative estimate of drug-likeness (QED) is 0.745. The Morgan fingerprint density at radius 1 is 1.47 bits per heavy atom. The number of amides is 1. The number of carbonyl (C=O) groups excluding carboxylic acids is 1. The van der Waals surface area contributed by atoms with Crippen LogP contribution in [0, 0.1) is 0 Å². The average Bonchev–Trinajstić information content (AvgIpc) is 2.38. The van der Waals surface area contributed by atoms with Gasteiger partial charge in [0.2, 0.25) is 10.0 Å². The topological polar surface area (TPSA) is 113 Å². The molecule has 8 heteroatoms. The molecule has 7 nitrogen and oxygen atoms in total. The first kappa shape index (κ1) is 13.8. The van der Waals surface area contributed by atoms with Crippen LogP contribution in [0.15, 0.2) is 23.3 Å². The number of sulfonamides is 1. The molecule has 0 aromatic carbocycles. The number of hydrogen-bond donors (Lipinski definition) is 2. The summed E-state index contributed by atoms with van der Waals surface area (Å²) in [6.45, 7) is 0.463. The van der Waals surface area contributed by atoms with Crippen molar-refractivity contribution in [3.8, 4) is 0 Å². The van der Waals surface area contributed by atoms with E-state index in [-0.39, 0.29) is 17.5 Å². The lowest BCUT2D eigenvalue weighted by molar-refractivity contribution is 0.0725. The lowest BCUT2D eigenvalue weighted by Gasteiger charge is -2.31. The summed E-state index contributed by atoms with van der Waals surface area (Å²) in [6, 6.07) is 1.26. The molecule has 1 saturated heterocycles. The summed E-state index contributed by atoms with van der Waals surface area (Å²) >= 11 is 0. The lowest BCUT2D eigenvalue weighted by atomic mass is 10.1. The van der Waals surface area contributed by atoms with E-state index in [0.717, 1.165) is 0 Å². The van der Waals surface area contributed by atoms with Crippen LogP contribution in [0.3, 0.4) is 0 Å². The van der Waals surface area contributed by atoms with Gasteiger partial charge in [0.1, 0.15) is 5.56 Å². The Morgan fingerprint density at radius 3 is 2.84 bits per heavy atom. The second kappa shape index (κ2) is 5.14. The Bertz CT molecular complexity index is 637. The number of nitrogens with two attached hydrogens (primary N) is 1. The monoisotopic (exact) mass is 285 g/mol. The SMILES string of the molecule is NS(=O)(=O)C1CCCN(C(=O)c2c[nH]ccc2=O)C1. The van der Waals surface area contributed by atoms with E-state index in [1.807, 2.05) is 0 Å². The molecule has 1 unspecified atom stereocenters. The van der Waals surface area contributed by atoms with Crippen molar-refractivity contribution in [1.29, 1.82) is 0 Å². The third kappa shape index (κ3) is 3.02. The number of H-pyrrole nitrogens is 1. The molecule has 104 valence electrons. The number of nitrogens with one attached hydrogen (secondary N) is 1. The molecule has 1 aliphatic heterocycles. The van der Waals surface area contributed by atoms with E-state index in [1.54, 1.807) is 0 Å². The van der Waals surface area contributed by atoms with Crippen LogP contribution in [-0.4, -0.2) is 42.5 Å². The molecule has 19 heavy (non-hydrogen) atoms. The number of hydrogen-bond acceptors (Lipinski definition) is 4. The van der Waals surface area contributed by atoms with E-state index in [4.69, 9.17) is 5.14 Å². The van der Waals surface area contributed by atoms with Crippen LogP contribution < -0.4 is 10.6 Å². The number of aromatic nitrogens is 1. The molecule has 1 atom stereocenters. The molecule has 1 amide bonds. The molecule has 1 aromatic heterocycles. The number of rotatable bonds is 2. The number of likely N-dealkylation sites (tertiary alicyclic amines) is 1. The van der Waals surface area contributed by atoms with Crippen molar-refractivity contribution >= 4 is 15.9 Å². The summed E-state index contributed by atoms with van der Waals surface area (Å²) < 4.78 is 22.7. The van der Waals surface area contributed by atoms with Crippen LogP contribution in [0.4, 0.5) is 0 Å². The Morgan fingerprint density at radius 2 is 2.21 bits per heavy atom. The van der Waals surface area contributed by atoms with Crippen LogP contribution in [0.2, 0.25) is 0 Å². The summed E-state index contributed by atoms with van der Waals surface area (Å²) in [5.74, 6) is -0.463. The predicted molar refractivity (Wildman–Crippen MR) is 69.1 cm³/mol. The highest BCUT2D eigenvalue weighted by molar-refractivity contribution is 7.89. The molecule has 3 N–H and O–H groups in total. The fourth-order valence-electron chi connectivity index (χ4n) is 2.14. The summed E-state index contributed by atoms with van der Waals surface area (Å²) in [4.78, 5) is 27.8. The summed E-state index contributed by atoms with van der Waals surface area (Å²) in [5.41, 5.74) is -0.376. The second-order valence-corrected chi connectivity index (χ2v) is 6.37. The van der Waals surface area contributed by atoms with Gasteiger partial charge in [-0.1, -0.05) is 0 Å². The number of piperidine rings is 1. The Labute approximate surface area is 110 Å². The van der Waals surface area contributed by atoms with Crippen molar-refractivity contribution in [3.63, 3.8) is 0 Å². The molecule has 0 spiro atoms. The molecule has 0 radical (unpaired) electrons. The zero-order valence-electron chi connectivity index (χ0n) is 10.2. The molecular weight excluding hydrogens is 270 g/mol. The van der Waals surface area contributed by atoms with Gasteiger partial charge in [0, 0.05) is 31.5 Å². The van der Waals surface area contributed by atoms with E-state index in [2.05, 4.69) is 4.98 Å². The van der Waals surface area contributed by atoms with Gasteiger partial charge in [0.05, 0.1) is 5.25 Å². The number of primary sulfonamides is 1. The first-order valence-corrected chi connectivity index (χ1v) is 7.48. The molecule has 2 heterocycles. The minimum absolute atomic E-state index is 0.0116. The zero-order valence-corrected chi connectivity index (χ0v) is 11.0. The Balaban J connectivity index is 2.21.